The second-order valence-electron chi connectivity index (χ2n) is 4.90. The van der Waals surface area contributed by atoms with Crippen LogP contribution in [0.3, 0.4) is 0 Å². The van der Waals surface area contributed by atoms with E-state index in [0.717, 1.165) is 31.5 Å². The van der Waals surface area contributed by atoms with Crippen molar-refractivity contribution >= 4 is 11.6 Å². The Morgan fingerprint density at radius 2 is 1.76 bits per heavy atom. The summed E-state index contributed by atoms with van der Waals surface area (Å²) >= 11 is 0. The predicted octanol–water partition coefficient (Wildman–Crippen LogP) is 1.79. The summed E-state index contributed by atoms with van der Waals surface area (Å²) in [4.78, 5) is 12.0. The molecule has 1 heterocycles. The molecular weight excluding hydrogens is 272 g/mol. The number of ether oxygens (including phenoxy) is 3. The van der Waals surface area contributed by atoms with Crippen LogP contribution in [0, 0.1) is 0 Å². The third-order valence-electron chi connectivity index (χ3n) is 3.54. The van der Waals surface area contributed by atoms with Crippen LogP contribution in [0.15, 0.2) is 12.1 Å². The number of carbonyl (C=O) groups excluding carboxylic acids is 1. The lowest BCUT2D eigenvalue weighted by Crippen LogP contribution is -2.37. The van der Waals surface area contributed by atoms with Gasteiger partial charge in [-0.25, -0.2) is 0 Å². The van der Waals surface area contributed by atoms with E-state index in [1.54, 1.807) is 33.5 Å². The molecule has 116 valence electrons. The molecule has 1 fully saturated rings. The average molecular weight is 294 g/mol. The summed E-state index contributed by atoms with van der Waals surface area (Å²) in [5.41, 5.74) is 0.770. The van der Waals surface area contributed by atoms with Gasteiger partial charge < -0.3 is 24.8 Å². The van der Waals surface area contributed by atoms with Gasteiger partial charge in [-0.05, 0) is 19.3 Å². The molecule has 1 unspecified atom stereocenters. The summed E-state index contributed by atoms with van der Waals surface area (Å²) in [6.07, 6.45) is 2.84. The Kier molecular flexibility index (Phi) is 5.14. The number of methoxy groups -OCH3 is 3. The van der Waals surface area contributed by atoms with Gasteiger partial charge in [-0.3, -0.25) is 4.79 Å². The first-order valence-corrected chi connectivity index (χ1v) is 7.04. The van der Waals surface area contributed by atoms with E-state index in [-0.39, 0.29) is 11.9 Å². The smallest absolute Gasteiger partial charge is 0.242 e. The molecule has 6 heteroatoms. The van der Waals surface area contributed by atoms with Gasteiger partial charge in [-0.15, -0.1) is 0 Å². The lowest BCUT2D eigenvalue weighted by Gasteiger charge is -2.19. The fourth-order valence-corrected chi connectivity index (χ4v) is 2.44. The van der Waals surface area contributed by atoms with Gasteiger partial charge in [0.2, 0.25) is 11.7 Å². The highest BCUT2D eigenvalue weighted by Crippen LogP contribution is 2.40. The Hall–Kier alpha value is -2.11. The standard InChI is InChI=1S/C15H22N2O4/c1-19-12-8-10(9-13(20-2)14(12)21-3)17-11-6-4-5-7-16-15(11)18/h8-9,11,17H,4-7H2,1-3H3,(H,16,18). The van der Waals surface area contributed by atoms with Gasteiger partial charge in [0.05, 0.1) is 21.3 Å². The molecule has 0 aromatic heterocycles. The van der Waals surface area contributed by atoms with Crippen LogP contribution in [0.4, 0.5) is 5.69 Å². The largest absolute Gasteiger partial charge is 0.493 e. The fourth-order valence-electron chi connectivity index (χ4n) is 2.44. The molecule has 21 heavy (non-hydrogen) atoms. The third kappa shape index (κ3) is 3.51. The molecule has 1 atom stereocenters. The number of carbonyl (C=O) groups is 1. The Balaban J connectivity index is 2.24. The Morgan fingerprint density at radius 1 is 1.10 bits per heavy atom. The van der Waals surface area contributed by atoms with E-state index in [1.807, 2.05) is 0 Å². The second kappa shape index (κ2) is 7.06. The molecule has 1 amide bonds. The van der Waals surface area contributed by atoms with E-state index in [9.17, 15) is 4.79 Å². The molecule has 0 aliphatic carbocycles. The summed E-state index contributed by atoms with van der Waals surface area (Å²) in [7, 11) is 4.70. The molecule has 0 bridgehead atoms. The number of amides is 1. The molecule has 0 spiro atoms. The van der Waals surface area contributed by atoms with Crippen molar-refractivity contribution in [1.29, 1.82) is 0 Å². The van der Waals surface area contributed by atoms with E-state index < -0.39 is 0 Å². The lowest BCUT2D eigenvalue weighted by atomic mass is 10.1. The van der Waals surface area contributed by atoms with Crippen LogP contribution in [0.5, 0.6) is 17.2 Å². The van der Waals surface area contributed by atoms with Crippen LogP contribution in [0.2, 0.25) is 0 Å². The first kappa shape index (κ1) is 15.3. The molecule has 1 aromatic rings. The van der Waals surface area contributed by atoms with Crippen molar-refractivity contribution in [2.45, 2.75) is 25.3 Å². The van der Waals surface area contributed by atoms with Crippen molar-refractivity contribution in [2.75, 3.05) is 33.2 Å². The second-order valence-corrected chi connectivity index (χ2v) is 4.90. The molecule has 1 aliphatic heterocycles. The summed E-state index contributed by atoms with van der Waals surface area (Å²) in [5.74, 6) is 1.69. The van der Waals surface area contributed by atoms with E-state index in [2.05, 4.69) is 10.6 Å². The number of hydrogen-bond donors (Lipinski definition) is 2. The van der Waals surface area contributed by atoms with Crippen LogP contribution in [0.25, 0.3) is 0 Å². The average Bonchev–Trinajstić information content (AvgIpc) is 2.71. The van der Waals surface area contributed by atoms with Gasteiger partial charge in [-0.2, -0.15) is 0 Å². The molecule has 2 rings (SSSR count). The van der Waals surface area contributed by atoms with Crippen LogP contribution in [-0.2, 0) is 4.79 Å². The van der Waals surface area contributed by atoms with Gasteiger partial charge in [0.25, 0.3) is 0 Å². The Labute approximate surface area is 124 Å². The molecular formula is C15H22N2O4. The monoisotopic (exact) mass is 294 g/mol. The van der Waals surface area contributed by atoms with Crippen molar-refractivity contribution < 1.29 is 19.0 Å². The lowest BCUT2D eigenvalue weighted by molar-refractivity contribution is -0.121. The minimum atomic E-state index is -0.240. The van der Waals surface area contributed by atoms with Crippen molar-refractivity contribution in [3.05, 3.63) is 12.1 Å². The maximum absolute atomic E-state index is 12.0. The summed E-state index contributed by atoms with van der Waals surface area (Å²) < 4.78 is 15.9. The van der Waals surface area contributed by atoms with E-state index in [4.69, 9.17) is 14.2 Å². The molecule has 1 aliphatic rings. The zero-order chi connectivity index (χ0) is 15.2. The highest BCUT2D eigenvalue weighted by atomic mass is 16.5. The first-order chi connectivity index (χ1) is 10.2. The zero-order valence-corrected chi connectivity index (χ0v) is 12.7. The normalized spacial score (nSPS) is 18.4. The van der Waals surface area contributed by atoms with Crippen LogP contribution in [0.1, 0.15) is 19.3 Å². The predicted molar refractivity (Wildman–Crippen MR) is 80.4 cm³/mol. The van der Waals surface area contributed by atoms with Gasteiger partial charge in [0.1, 0.15) is 6.04 Å². The molecule has 0 saturated carbocycles. The highest BCUT2D eigenvalue weighted by molar-refractivity contribution is 5.85. The number of rotatable bonds is 5. The molecule has 1 saturated heterocycles. The zero-order valence-electron chi connectivity index (χ0n) is 12.7. The van der Waals surface area contributed by atoms with Crippen molar-refractivity contribution in [3.63, 3.8) is 0 Å². The number of anilines is 1. The topological polar surface area (TPSA) is 68.8 Å². The third-order valence-corrected chi connectivity index (χ3v) is 3.54. The van der Waals surface area contributed by atoms with Crippen molar-refractivity contribution in [2.24, 2.45) is 0 Å². The maximum atomic E-state index is 12.0. The number of benzene rings is 1. The molecule has 6 nitrogen and oxygen atoms in total. The SMILES string of the molecule is COc1cc(NC2CCCCNC2=O)cc(OC)c1OC. The van der Waals surface area contributed by atoms with Crippen molar-refractivity contribution in [3.8, 4) is 17.2 Å². The molecule has 2 N–H and O–H groups in total. The molecule has 0 radical (unpaired) electrons. The number of hydrogen-bond acceptors (Lipinski definition) is 5. The Morgan fingerprint density at radius 3 is 2.33 bits per heavy atom. The van der Waals surface area contributed by atoms with E-state index >= 15 is 0 Å². The fraction of sp³-hybridized carbons (Fsp3) is 0.533. The quantitative estimate of drug-likeness (QED) is 0.866. The van der Waals surface area contributed by atoms with Crippen LogP contribution >= 0.6 is 0 Å². The minimum Gasteiger partial charge on any atom is -0.493 e. The highest BCUT2D eigenvalue weighted by Gasteiger charge is 2.21. The summed E-state index contributed by atoms with van der Waals surface area (Å²) in [6, 6.07) is 3.37. The van der Waals surface area contributed by atoms with E-state index in [1.165, 1.54) is 0 Å². The van der Waals surface area contributed by atoms with E-state index in [0.29, 0.717) is 17.2 Å². The van der Waals surface area contributed by atoms with Gasteiger partial charge in [0.15, 0.2) is 11.5 Å². The van der Waals surface area contributed by atoms with Crippen LogP contribution < -0.4 is 24.8 Å². The minimum absolute atomic E-state index is 0.0289. The van der Waals surface area contributed by atoms with Gasteiger partial charge >= 0.3 is 0 Å². The maximum Gasteiger partial charge on any atom is 0.242 e. The van der Waals surface area contributed by atoms with Gasteiger partial charge in [0, 0.05) is 24.4 Å². The van der Waals surface area contributed by atoms with Crippen LogP contribution in [-0.4, -0.2) is 39.8 Å². The van der Waals surface area contributed by atoms with Gasteiger partial charge in [-0.1, -0.05) is 0 Å². The number of nitrogens with one attached hydrogen (secondary N) is 2. The summed E-state index contributed by atoms with van der Waals surface area (Å²) in [5, 5.41) is 6.15. The first-order valence-electron chi connectivity index (χ1n) is 7.04. The summed E-state index contributed by atoms with van der Waals surface area (Å²) in [6.45, 7) is 0.742. The Bertz CT molecular complexity index is 479. The molecule has 1 aromatic carbocycles. The van der Waals surface area contributed by atoms with Crippen molar-refractivity contribution in [1.82, 2.24) is 5.32 Å².